The normalized spacial score (nSPS) is 12.3. The van der Waals surface area contributed by atoms with Crippen molar-refractivity contribution in [1.29, 1.82) is 0 Å². The molecule has 0 fully saturated rings. The first-order valence-corrected chi connectivity index (χ1v) is 7.31. The number of nitrogens with zero attached hydrogens (tertiary/aromatic N) is 1. The maximum absolute atomic E-state index is 5.81. The number of thiophene rings is 1. The van der Waals surface area contributed by atoms with Gasteiger partial charge in [-0.05, 0) is 46.6 Å². The summed E-state index contributed by atoms with van der Waals surface area (Å²) in [4.78, 5) is 4.87. The average Bonchev–Trinajstić information content (AvgIpc) is 2.74. The van der Waals surface area contributed by atoms with E-state index in [1.54, 1.807) is 0 Å². The predicted molar refractivity (Wildman–Crippen MR) is 79.1 cm³/mol. The number of likely N-dealkylation sites (N-methyl/N-ethyl adjacent to an activating group) is 1. The molecule has 0 saturated heterocycles. The lowest BCUT2D eigenvalue weighted by molar-refractivity contribution is 0.0285. The standard InChI is InChI=1S/C14H26N2OS/c1-6-15-9-12-7-8-13(18-12)10-17-11-14(2,3)16(4)5/h7-8,15H,6,9-11H2,1-5H3. The number of hydrogen-bond donors (Lipinski definition) is 1. The van der Waals surface area contributed by atoms with Gasteiger partial charge in [-0.15, -0.1) is 11.3 Å². The highest BCUT2D eigenvalue weighted by Gasteiger charge is 2.20. The highest BCUT2D eigenvalue weighted by Crippen LogP contribution is 2.18. The Morgan fingerprint density at radius 1 is 1.28 bits per heavy atom. The highest BCUT2D eigenvalue weighted by molar-refractivity contribution is 7.11. The number of nitrogens with one attached hydrogen (secondary N) is 1. The van der Waals surface area contributed by atoms with Crippen molar-refractivity contribution in [3.63, 3.8) is 0 Å². The molecule has 0 bridgehead atoms. The Morgan fingerprint density at radius 2 is 1.94 bits per heavy atom. The van der Waals surface area contributed by atoms with Crippen molar-refractivity contribution in [2.24, 2.45) is 0 Å². The topological polar surface area (TPSA) is 24.5 Å². The second kappa shape index (κ2) is 7.24. The minimum absolute atomic E-state index is 0.0872. The van der Waals surface area contributed by atoms with Crippen molar-refractivity contribution in [2.45, 2.75) is 39.5 Å². The van der Waals surface area contributed by atoms with E-state index in [1.165, 1.54) is 9.75 Å². The van der Waals surface area contributed by atoms with Gasteiger partial charge in [-0.25, -0.2) is 0 Å². The molecule has 0 aliphatic carbocycles. The smallest absolute Gasteiger partial charge is 0.0810 e. The predicted octanol–water partition coefficient (Wildman–Crippen LogP) is 2.71. The van der Waals surface area contributed by atoms with Crippen molar-refractivity contribution < 1.29 is 4.74 Å². The molecule has 1 heterocycles. The maximum Gasteiger partial charge on any atom is 0.0810 e. The zero-order chi connectivity index (χ0) is 13.6. The van der Waals surface area contributed by atoms with Gasteiger partial charge in [-0.2, -0.15) is 0 Å². The van der Waals surface area contributed by atoms with Gasteiger partial charge in [0, 0.05) is 21.8 Å². The molecule has 0 unspecified atom stereocenters. The van der Waals surface area contributed by atoms with E-state index >= 15 is 0 Å². The number of rotatable bonds is 8. The van der Waals surface area contributed by atoms with Crippen molar-refractivity contribution in [2.75, 3.05) is 27.2 Å². The Labute approximate surface area is 115 Å². The lowest BCUT2D eigenvalue weighted by Crippen LogP contribution is -2.42. The molecule has 1 N–H and O–H groups in total. The van der Waals surface area contributed by atoms with E-state index in [0.29, 0.717) is 6.61 Å². The van der Waals surface area contributed by atoms with Crippen LogP contribution in [-0.2, 0) is 17.9 Å². The van der Waals surface area contributed by atoms with Crippen LogP contribution in [-0.4, -0.2) is 37.7 Å². The fourth-order valence-electron chi connectivity index (χ4n) is 1.37. The molecule has 1 aromatic rings. The molecule has 0 aliphatic heterocycles. The first-order chi connectivity index (χ1) is 8.45. The molecule has 0 spiro atoms. The van der Waals surface area contributed by atoms with E-state index in [1.807, 2.05) is 11.3 Å². The van der Waals surface area contributed by atoms with Crippen LogP contribution in [0.2, 0.25) is 0 Å². The molecule has 0 atom stereocenters. The summed E-state index contributed by atoms with van der Waals surface area (Å²) in [7, 11) is 4.17. The van der Waals surface area contributed by atoms with Crippen LogP contribution in [0.4, 0.5) is 0 Å². The zero-order valence-corrected chi connectivity index (χ0v) is 13.1. The number of hydrogen-bond acceptors (Lipinski definition) is 4. The first kappa shape index (κ1) is 15.6. The molecule has 4 heteroatoms. The Kier molecular flexibility index (Phi) is 6.29. The lowest BCUT2D eigenvalue weighted by Gasteiger charge is -2.32. The summed E-state index contributed by atoms with van der Waals surface area (Å²) < 4.78 is 5.81. The molecule has 1 rings (SSSR count). The van der Waals surface area contributed by atoms with Gasteiger partial charge in [0.1, 0.15) is 0 Å². The quantitative estimate of drug-likeness (QED) is 0.786. The lowest BCUT2D eigenvalue weighted by atomic mass is 10.1. The van der Waals surface area contributed by atoms with Crippen LogP contribution in [0.15, 0.2) is 12.1 Å². The highest BCUT2D eigenvalue weighted by atomic mass is 32.1. The summed E-state index contributed by atoms with van der Waals surface area (Å²) in [6.07, 6.45) is 0. The maximum atomic E-state index is 5.81. The van der Waals surface area contributed by atoms with Crippen molar-refractivity contribution in [3.8, 4) is 0 Å². The fourth-order valence-corrected chi connectivity index (χ4v) is 2.30. The van der Waals surface area contributed by atoms with E-state index in [-0.39, 0.29) is 5.54 Å². The molecule has 0 saturated carbocycles. The van der Waals surface area contributed by atoms with Gasteiger partial charge < -0.3 is 15.0 Å². The van der Waals surface area contributed by atoms with E-state index in [0.717, 1.165) is 19.7 Å². The molecule has 0 amide bonds. The largest absolute Gasteiger partial charge is 0.374 e. The summed E-state index contributed by atoms with van der Waals surface area (Å²) in [6, 6.07) is 4.35. The minimum atomic E-state index is 0.0872. The molecule has 18 heavy (non-hydrogen) atoms. The summed E-state index contributed by atoms with van der Waals surface area (Å²) >= 11 is 1.83. The average molecular weight is 270 g/mol. The molecule has 1 aromatic heterocycles. The zero-order valence-electron chi connectivity index (χ0n) is 12.2. The van der Waals surface area contributed by atoms with E-state index in [4.69, 9.17) is 4.74 Å². The van der Waals surface area contributed by atoms with Gasteiger partial charge >= 0.3 is 0 Å². The van der Waals surface area contributed by atoms with Crippen LogP contribution in [0.3, 0.4) is 0 Å². The molecule has 0 aliphatic rings. The third-order valence-corrected chi connectivity index (χ3v) is 4.24. The molecule has 0 radical (unpaired) electrons. The van der Waals surface area contributed by atoms with Crippen LogP contribution in [0.1, 0.15) is 30.5 Å². The van der Waals surface area contributed by atoms with Gasteiger partial charge in [0.05, 0.1) is 13.2 Å². The molecule has 0 aromatic carbocycles. The minimum Gasteiger partial charge on any atom is -0.374 e. The van der Waals surface area contributed by atoms with Gasteiger partial charge in [-0.1, -0.05) is 6.92 Å². The van der Waals surface area contributed by atoms with Gasteiger partial charge in [0.15, 0.2) is 0 Å². The SMILES string of the molecule is CCNCc1ccc(COCC(C)(C)N(C)C)s1. The van der Waals surface area contributed by atoms with Crippen LogP contribution >= 0.6 is 11.3 Å². The molecular weight excluding hydrogens is 244 g/mol. The number of ether oxygens (including phenoxy) is 1. The third kappa shape index (κ3) is 5.06. The Hall–Kier alpha value is -0.420. The van der Waals surface area contributed by atoms with Crippen LogP contribution in [0.25, 0.3) is 0 Å². The van der Waals surface area contributed by atoms with E-state index in [2.05, 4.69) is 57.2 Å². The second-order valence-corrected chi connectivity index (χ2v) is 6.60. The van der Waals surface area contributed by atoms with Crippen molar-refractivity contribution in [1.82, 2.24) is 10.2 Å². The van der Waals surface area contributed by atoms with Crippen LogP contribution in [0.5, 0.6) is 0 Å². The van der Waals surface area contributed by atoms with Crippen LogP contribution in [0, 0.1) is 0 Å². The molecule has 104 valence electrons. The van der Waals surface area contributed by atoms with Gasteiger partial charge in [0.2, 0.25) is 0 Å². The van der Waals surface area contributed by atoms with Crippen molar-refractivity contribution >= 4 is 11.3 Å². The Balaban J connectivity index is 2.33. The summed E-state index contributed by atoms with van der Waals surface area (Å²) in [6.45, 7) is 9.95. The first-order valence-electron chi connectivity index (χ1n) is 6.49. The van der Waals surface area contributed by atoms with E-state index in [9.17, 15) is 0 Å². The summed E-state index contributed by atoms with van der Waals surface area (Å²) in [5.74, 6) is 0. The Bertz CT molecular complexity index is 347. The molecule has 3 nitrogen and oxygen atoms in total. The summed E-state index contributed by atoms with van der Waals surface area (Å²) in [5.41, 5.74) is 0.0872. The summed E-state index contributed by atoms with van der Waals surface area (Å²) in [5, 5.41) is 3.34. The van der Waals surface area contributed by atoms with Gasteiger partial charge in [0.25, 0.3) is 0 Å². The monoisotopic (exact) mass is 270 g/mol. The van der Waals surface area contributed by atoms with Gasteiger partial charge in [-0.3, -0.25) is 0 Å². The molecular formula is C14H26N2OS. The van der Waals surface area contributed by atoms with Crippen molar-refractivity contribution in [3.05, 3.63) is 21.9 Å². The van der Waals surface area contributed by atoms with E-state index < -0.39 is 0 Å². The Morgan fingerprint density at radius 3 is 2.56 bits per heavy atom. The fraction of sp³-hybridized carbons (Fsp3) is 0.714. The second-order valence-electron chi connectivity index (χ2n) is 5.35. The van der Waals surface area contributed by atoms with Crippen LogP contribution < -0.4 is 5.32 Å². The third-order valence-electron chi connectivity index (χ3n) is 3.18.